The lowest BCUT2D eigenvalue weighted by Crippen LogP contribution is -1.72. The van der Waals surface area contributed by atoms with E-state index >= 15 is 0 Å². The molecule has 0 aliphatic rings. The zero-order valence-corrected chi connectivity index (χ0v) is 7.01. The summed E-state index contributed by atoms with van der Waals surface area (Å²) in [5.41, 5.74) is 0. The van der Waals surface area contributed by atoms with Crippen LogP contribution in [0.1, 0.15) is 0 Å². The van der Waals surface area contributed by atoms with E-state index in [0.29, 0.717) is 0 Å². The molecule has 0 aliphatic heterocycles. The van der Waals surface area contributed by atoms with Gasteiger partial charge in [-0.1, -0.05) is 35.2 Å². The number of hydrogen-bond donors (Lipinski definition) is 1. The topological polar surface area (TPSA) is 41.6 Å². The molecule has 0 amide bonds. The average molecular weight is 176 g/mol. The van der Waals surface area contributed by atoms with Gasteiger partial charge in [0.25, 0.3) is 0 Å². The van der Waals surface area contributed by atoms with Gasteiger partial charge >= 0.3 is 0 Å². The van der Waals surface area contributed by atoms with Gasteiger partial charge in [-0.25, -0.2) is 0 Å². The van der Waals surface area contributed by atoms with Crippen molar-refractivity contribution in [2.24, 2.45) is 0 Å². The fourth-order valence-electron chi connectivity index (χ4n) is 0.794. The van der Waals surface area contributed by atoms with Crippen molar-refractivity contribution in [3.63, 3.8) is 0 Å². The molecule has 0 bridgehead atoms. The van der Waals surface area contributed by atoms with Crippen LogP contribution in [0.25, 0.3) is 0 Å². The number of H-pyrrole nitrogens is 1. The first-order valence-electron chi connectivity index (χ1n) is 3.46. The Morgan fingerprint density at radius 2 is 2.42 bits per heavy atom. The van der Waals surface area contributed by atoms with Crippen LogP contribution < -0.4 is 0 Å². The van der Waals surface area contributed by atoms with Crippen LogP contribution in [-0.4, -0.2) is 15.4 Å². The first-order valence-corrected chi connectivity index (χ1v) is 4.28. The monoisotopic (exact) mass is 176 g/mol. The fourth-order valence-corrected chi connectivity index (χ4v) is 1.49. The van der Waals surface area contributed by atoms with E-state index in [1.807, 2.05) is 24.3 Å². The van der Waals surface area contributed by atoms with Crippen LogP contribution in [0.5, 0.6) is 0 Å². The minimum absolute atomic E-state index is 0.859. The molecule has 12 heavy (non-hydrogen) atoms. The molecule has 0 atom stereocenters. The highest BCUT2D eigenvalue weighted by Crippen LogP contribution is 2.23. The molecule has 0 spiro atoms. The molecule has 0 aliphatic carbocycles. The number of aromatic nitrogens is 3. The molecular formula is C8H6N3S. The highest BCUT2D eigenvalue weighted by Gasteiger charge is 1.97. The predicted octanol–water partition coefficient (Wildman–Crippen LogP) is 1.76. The van der Waals surface area contributed by atoms with Gasteiger partial charge in [0.2, 0.25) is 0 Å². The number of nitrogens with one attached hydrogen (secondary N) is 1. The van der Waals surface area contributed by atoms with Gasteiger partial charge < -0.3 is 0 Å². The Bertz CT molecular complexity index is 330. The van der Waals surface area contributed by atoms with Crippen molar-refractivity contribution in [2.45, 2.75) is 9.92 Å². The lowest BCUT2D eigenvalue weighted by atomic mass is 10.4. The quantitative estimate of drug-likeness (QED) is 0.758. The second-order valence-corrected chi connectivity index (χ2v) is 3.20. The summed E-state index contributed by atoms with van der Waals surface area (Å²) in [5, 5.41) is 11.0. The minimum atomic E-state index is 0.859. The summed E-state index contributed by atoms with van der Waals surface area (Å²) in [7, 11) is 0. The number of nitrogens with zero attached hydrogens (tertiary/aromatic N) is 2. The smallest absolute Gasteiger partial charge is 0.143 e. The highest BCUT2D eigenvalue weighted by atomic mass is 32.2. The van der Waals surface area contributed by atoms with Gasteiger partial charge in [0, 0.05) is 4.90 Å². The number of hydrogen-bond acceptors (Lipinski definition) is 3. The Hall–Kier alpha value is -1.29. The molecule has 0 unspecified atom stereocenters. The third-order valence-electron chi connectivity index (χ3n) is 1.29. The second-order valence-electron chi connectivity index (χ2n) is 2.14. The Labute approximate surface area is 74.2 Å². The molecule has 1 aromatic carbocycles. The number of rotatable bonds is 2. The first kappa shape index (κ1) is 7.36. The molecule has 1 aromatic heterocycles. The molecule has 0 saturated carbocycles. The SMILES string of the molecule is [c]1ccccc1Sc1c[nH]nn1. The van der Waals surface area contributed by atoms with E-state index in [0.717, 1.165) is 9.92 Å². The van der Waals surface area contributed by atoms with Gasteiger partial charge in [-0.3, -0.25) is 5.10 Å². The van der Waals surface area contributed by atoms with Crippen LogP contribution in [0.3, 0.4) is 0 Å². The van der Waals surface area contributed by atoms with Crippen molar-refractivity contribution in [1.82, 2.24) is 15.4 Å². The van der Waals surface area contributed by atoms with E-state index in [4.69, 9.17) is 0 Å². The second kappa shape index (κ2) is 3.40. The van der Waals surface area contributed by atoms with Crippen LogP contribution in [0, 0.1) is 6.07 Å². The largest absolute Gasteiger partial charge is 0.264 e. The van der Waals surface area contributed by atoms with Gasteiger partial charge in [0.1, 0.15) is 5.03 Å². The fraction of sp³-hybridized carbons (Fsp3) is 0. The molecule has 0 fully saturated rings. The Kier molecular flexibility index (Phi) is 2.09. The van der Waals surface area contributed by atoms with Crippen LogP contribution in [0.2, 0.25) is 0 Å². The van der Waals surface area contributed by atoms with E-state index in [-0.39, 0.29) is 0 Å². The van der Waals surface area contributed by atoms with E-state index < -0.39 is 0 Å². The molecule has 0 saturated heterocycles. The molecule has 2 aromatic rings. The third kappa shape index (κ3) is 1.65. The summed E-state index contributed by atoms with van der Waals surface area (Å²) >= 11 is 1.53. The Morgan fingerprint density at radius 3 is 3.08 bits per heavy atom. The molecule has 3 nitrogen and oxygen atoms in total. The van der Waals surface area contributed by atoms with Crippen molar-refractivity contribution in [3.05, 3.63) is 36.5 Å². The highest BCUT2D eigenvalue weighted by molar-refractivity contribution is 7.99. The van der Waals surface area contributed by atoms with Crippen molar-refractivity contribution < 1.29 is 0 Å². The summed E-state index contributed by atoms with van der Waals surface area (Å²) < 4.78 is 0. The van der Waals surface area contributed by atoms with Crippen molar-refractivity contribution in [3.8, 4) is 0 Å². The normalized spacial score (nSPS) is 10.0. The standard InChI is InChI=1S/C8H6N3S/c1-2-4-7(5-3-1)12-8-6-9-11-10-8/h1-4,6H,(H,9,10,11). The summed E-state index contributed by atoms with van der Waals surface area (Å²) in [4.78, 5) is 1.05. The van der Waals surface area contributed by atoms with Gasteiger partial charge in [0.05, 0.1) is 6.20 Å². The number of benzene rings is 1. The molecule has 1 heterocycles. The maximum Gasteiger partial charge on any atom is 0.143 e. The first-order chi connectivity index (χ1) is 5.95. The van der Waals surface area contributed by atoms with Crippen molar-refractivity contribution in [2.75, 3.05) is 0 Å². The third-order valence-corrected chi connectivity index (χ3v) is 2.17. The maximum atomic E-state index is 3.85. The summed E-state index contributed by atoms with van der Waals surface area (Å²) in [6.45, 7) is 0. The summed E-state index contributed by atoms with van der Waals surface area (Å²) in [5.74, 6) is 0. The molecule has 1 N–H and O–H groups in total. The van der Waals surface area contributed by atoms with Crippen LogP contribution in [0.15, 0.2) is 40.4 Å². The van der Waals surface area contributed by atoms with Gasteiger partial charge in [-0.05, 0) is 12.1 Å². The van der Waals surface area contributed by atoms with E-state index in [1.165, 1.54) is 11.8 Å². The number of aromatic amines is 1. The molecule has 59 valence electrons. The van der Waals surface area contributed by atoms with Crippen LogP contribution in [0.4, 0.5) is 0 Å². The Morgan fingerprint density at radius 1 is 1.42 bits per heavy atom. The van der Waals surface area contributed by atoms with E-state index in [2.05, 4.69) is 21.5 Å². The Balaban J connectivity index is 2.15. The van der Waals surface area contributed by atoms with Crippen molar-refractivity contribution >= 4 is 11.8 Å². The summed E-state index contributed by atoms with van der Waals surface area (Å²) in [6, 6.07) is 10.9. The van der Waals surface area contributed by atoms with Crippen LogP contribution in [-0.2, 0) is 0 Å². The molecule has 2 rings (SSSR count). The van der Waals surface area contributed by atoms with Gasteiger partial charge in [-0.2, -0.15) is 0 Å². The lowest BCUT2D eigenvalue weighted by Gasteiger charge is -1.93. The predicted molar refractivity (Wildman–Crippen MR) is 45.8 cm³/mol. The lowest BCUT2D eigenvalue weighted by molar-refractivity contribution is 0.911. The minimum Gasteiger partial charge on any atom is -0.264 e. The van der Waals surface area contributed by atoms with Crippen LogP contribution >= 0.6 is 11.8 Å². The average Bonchev–Trinajstić information content (AvgIpc) is 2.59. The van der Waals surface area contributed by atoms with Crippen molar-refractivity contribution in [1.29, 1.82) is 0 Å². The van der Waals surface area contributed by atoms with E-state index in [9.17, 15) is 0 Å². The van der Waals surface area contributed by atoms with E-state index in [1.54, 1.807) is 6.20 Å². The summed E-state index contributed by atoms with van der Waals surface area (Å²) in [6.07, 6.45) is 1.76. The maximum absolute atomic E-state index is 3.85. The van der Waals surface area contributed by atoms with Gasteiger partial charge in [-0.15, -0.1) is 5.10 Å². The zero-order valence-electron chi connectivity index (χ0n) is 6.19. The molecule has 4 heteroatoms. The van der Waals surface area contributed by atoms with Gasteiger partial charge in [0.15, 0.2) is 0 Å². The zero-order chi connectivity index (χ0) is 8.23. The molecule has 1 radical (unpaired) electrons. The molecular weight excluding hydrogens is 170 g/mol.